The molecule has 4 fully saturated rings. The summed E-state index contributed by atoms with van der Waals surface area (Å²) in [5, 5.41) is 10.8. The Morgan fingerprint density at radius 1 is 0.909 bits per heavy atom. The molecule has 7 atom stereocenters. The van der Waals surface area contributed by atoms with E-state index in [9.17, 15) is 5.11 Å². The van der Waals surface area contributed by atoms with Crippen LogP contribution in [0.25, 0.3) is 0 Å². The lowest BCUT2D eigenvalue weighted by atomic mass is 9.61. The number of hydrogen-bond acceptors (Lipinski definition) is 3. The summed E-state index contributed by atoms with van der Waals surface area (Å²) in [6, 6.07) is 0. The Labute approximate surface area is 274 Å². The van der Waals surface area contributed by atoms with Gasteiger partial charge in [0.25, 0.3) is 0 Å². The van der Waals surface area contributed by atoms with Crippen molar-refractivity contribution in [3.63, 3.8) is 0 Å². The molecule has 3 nitrogen and oxygen atoms in total. The molecule has 44 heavy (non-hydrogen) atoms. The summed E-state index contributed by atoms with van der Waals surface area (Å²) < 4.78 is 14.2. The molecule has 0 saturated heterocycles. The fraction of sp³-hybridized carbons (Fsp3) is 0.795. The van der Waals surface area contributed by atoms with Gasteiger partial charge in [0.05, 0.1) is 18.3 Å². The molecule has 4 saturated carbocycles. The zero-order valence-corrected chi connectivity index (χ0v) is 32.7. The molecular formula is C39H68O3Si2. The maximum Gasteiger partial charge on any atom is 0.192 e. The van der Waals surface area contributed by atoms with E-state index in [-0.39, 0.29) is 28.4 Å². The van der Waals surface area contributed by atoms with E-state index in [1.165, 1.54) is 56.1 Å². The first-order valence-electron chi connectivity index (χ1n) is 18.0. The molecule has 0 bridgehead atoms. The molecule has 0 radical (unpaired) electrons. The fourth-order valence-corrected chi connectivity index (χ4v) is 10.6. The topological polar surface area (TPSA) is 38.7 Å². The molecular weight excluding hydrogens is 573 g/mol. The monoisotopic (exact) mass is 640 g/mol. The third-order valence-corrected chi connectivity index (χ3v) is 22.1. The van der Waals surface area contributed by atoms with Crippen LogP contribution in [0, 0.1) is 29.1 Å². The Hall–Kier alpha value is -0.726. The van der Waals surface area contributed by atoms with Crippen LogP contribution in [0.5, 0.6) is 0 Å². The molecule has 0 spiro atoms. The summed E-state index contributed by atoms with van der Waals surface area (Å²) >= 11 is 0. The van der Waals surface area contributed by atoms with Gasteiger partial charge < -0.3 is 14.0 Å². The molecule has 4 rings (SSSR count). The van der Waals surface area contributed by atoms with Crippen LogP contribution in [-0.2, 0) is 8.85 Å². The highest BCUT2D eigenvalue weighted by Crippen LogP contribution is 2.59. The van der Waals surface area contributed by atoms with Gasteiger partial charge in [0.1, 0.15) is 0 Å². The SMILES string of the molecule is C=C1/C(=C/C=C2\CCC[C@]3(C)[C@@H]([C@H](C)C=C[C@H](O)C4CC4)CC[C@@H]23)C[C@@H](O[Si](C)(C)C(C)(C)C)C[C@@H]1O[Si](C)(C)C(C)(C)C. The van der Waals surface area contributed by atoms with Gasteiger partial charge in [-0.15, -0.1) is 0 Å². The van der Waals surface area contributed by atoms with Crippen LogP contribution in [0.3, 0.4) is 0 Å². The van der Waals surface area contributed by atoms with Crippen LogP contribution in [0.4, 0.5) is 0 Å². The summed E-state index contributed by atoms with van der Waals surface area (Å²) in [6.07, 6.45) is 19.9. The molecule has 0 amide bonds. The zero-order valence-electron chi connectivity index (χ0n) is 30.7. The van der Waals surface area contributed by atoms with Gasteiger partial charge in [0, 0.05) is 6.42 Å². The smallest absolute Gasteiger partial charge is 0.192 e. The Morgan fingerprint density at radius 2 is 1.52 bits per heavy atom. The average molecular weight is 641 g/mol. The van der Waals surface area contributed by atoms with Crippen LogP contribution in [-0.4, -0.2) is 40.1 Å². The summed E-state index contributed by atoms with van der Waals surface area (Å²) in [6.45, 7) is 33.2. The van der Waals surface area contributed by atoms with Crippen molar-refractivity contribution in [2.24, 2.45) is 29.1 Å². The largest absolute Gasteiger partial charge is 0.413 e. The number of aliphatic hydroxyl groups is 1. The van der Waals surface area contributed by atoms with Crippen LogP contribution in [0.15, 0.2) is 47.6 Å². The van der Waals surface area contributed by atoms with E-state index in [0.29, 0.717) is 29.1 Å². The molecule has 250 valence electrons. The maximum atomic E-state index is 10.5. The third kappa shape index (κ3) is 7.86. The summed E-state index contributed by atoms with van der Waals surface area (Å²) in [7, 11) is -3.90. The van der Waals surface area contributed by atoms with Crippen molar-refractivity contribution >= 4 is 16.6 Å². The van der Waals surface area contributed by atoms with Crippen molar-refractivity contribution in [2.75, 3.05) is 0 Å². The van der Waals surface area contributed by atoms with Crippen molar-refractivity contribution in [3.05, 3.63) is 47.6 Å². The van der Waals surface area contributed by atoms with Gasteiger partial charge in [0.15, 0.2) is 16.6 Å². The van der Waals surface area contributed by atoms with E-state index in [1.54, 1.807) is 5.57 Å². The Balaban J connectivity index is 1.57. The second kappa shape index (κ2) is 13.1. The minimum Gasteiger partial charge on any atom is -0.413 e. The number of fused-ring (bicyclic) bond motifs is 1. The highest BCUT2D eigenvalue weighted by Gasteiger charge is 2.50. The second-order valence-corrected chi connectivity index (χ2v) is 27.9. The number of aliphatic hydroxyl groups excluding tert-OH is 1. The van der Waals surface area contributed by atoms with Gasteiger partial charge in [-0.2, -0.15) is 0 Å². The fourth-order valence-electron chi connectivity index (χ4n) is 7.93. The second-order valence-electron chi connectivity index (χ2n) is 18.4. The lowest BCUT2D eigenvalue weighted by Gasteiger charge is -2.45. The van der Waals surface area contributed by atoms with E-state index in [4.69, 9.17) is 8.85 Å². The lowest BCUT2D eigenvalue weighted by molar-refractivity contribution is 0.0969. The number of allylic oxidation sites excluding steroid dienone is 4. The molecule has 0 aromatic carbocycles. The van der Waals surface area contributed by atoms with E-state index in [1.807, 2.05) is 0 Å². The first kappa shape index (κ1) is 36.1. The van der Waals surface area contributed by atoms with E-state index in [0.717, 1.165) is 12.8 Å². The quantitative estimate of drug-likeness (QED) is 0.201. The highest BCUT2D eigenvalue weighted by atomic mass is 28.4. The van der Waals surface area contributed by atoms with Gasteiger partial charge >= 0.3 is 0 Å². The lowest BCUT2D eigenvalue weighted by Crippen LogP contribution is -2.49. The van der Waals surface area contributed by atoms with Crippen molar-refractivity contribution in [3.8, 4) is 0 Å². The van der Waals surface area contributed by atoms with Crippen molar-refractivity contribution in [1.29, 1.82) is 0 Å². The molecule has 0 aromatic rings. The predicted molar refractivity (Wildman–Crippen MR) is 194 cm³/mol. The summed E-state index contributed by atoms with van der Waals surface area (Å²) in [5.41, 5.74) is 4.49. The molecule has 4 aliphatic carbocycles. The van der Waals surface area contributed by atoms with E-state index in [2.05, 4.69) is 112 Å². The van der Waals surface area contributed by atoms with Crippen molar-refractivity contribution in [1.82, 2.24) is 0 Å². The Morgan fingerprint density at radius 3 is 2.11 bits per heavy atom. The van der Waals surface area contributed by atoms with Crippen LogP contribution in [0.1, 0.15) is 113 Å². The molecule has 4 aliphatic rings. The van der Waals surface area contributed by atoms with E-state index >= 15 is 0 Å². The maximum absolute atomic E-state index is 10.5. The molecule has 0 unspecified atom stereocenters. The highest BCUT2D eigenvalue weighted by molar-refractivity contribution is 6.74. The normalized spacial score (nSPS) is 34.2. The Bertz CT molecular complexity index is 1130. The Kier molecular flexibility index (Phi) is 10.7. The molecule has 0 aliphatic heterocycles. The predicted octanol–water partition coefficient (Wildman–Crippen LogP) is 11.1. The van der Waals surface area contributed by atoms with Crippen molar-refractivity contribution < 1.29 is 14.0 Å². The van der Waals surface area contributed by atoms with Gasteiger partial charge in [-0.1, -0.05) is 91.8 Å². The van der Waals surface area contributed by atoms with Crippen LogP contribution in [0.2, 0.25) is 36.3 Å². The molecule has 5 heteroatoms. The molecule has 1 N–H and O–H groups in total. The number of rotatable bonds is 9. The van der Waals surface area contributed by atoms with E-state index < -0.39 is 16.6 Å². The third-order valence-electron chi connectivity index (χ3n) is 13.1. The molecule has 0 aromatic heterocycles. The summed E-state index contributed by atoms with van der Waals surface area (Å²) in [5.74, 6) is 2.35. The first-order chi connectivity index (χ1) is 20.2. The standard InChI is InChI=1S/C39H68O3Si2/c1-27(16-23-35(40)30-18-19-30)33-21-22-34-29(15-14-24-39(33,34)9)17-20-31-25-32(41-43(10,11)37(3,4)5)26-36(28(31)2)42-44(12,13)38(6,7)8/h16-17,20,23,27,30,32-36,40H,2,14-15,18-19,21-22,24-26H2,1,3-13H3/b23-16?,29-17+,31-20+/t27-,32-,33-,34+,35+,36+,39-/m1/s1. The minimum absolute atomic E-state index is 0.0233. The van der Waals surface area contributed by atoms with Gasteiger partial charge in [0.2, 0.25) is 0 Å². The average Bonchev–Trinajstić information content (AvgIpc) is 3.68. The van der Waals surface area contributed by atoms with Gasteiger partial charge in [-0.3, -0.25) is 0 Å². The summed E-state index contributed by atoms with van der Waals surface area (Å²) in [4.78, 5) is 0. The van der Waals surface area contributed by atoms with Crippen molar-refractivity contribution in [2.45, 2.75) is 168 Å². The van der Waals surface area contributed by atoms with Crippen LogP contribution >= 0.6 is 0 Å². The van der Waals surface area contributed by atoms with Gasteiger partial charge in [-0.25, -0.2) is 0 Å². The molecule has 0 heterocycles. The minimum atomic E-state index is -1.98. The first-order valence-corrected chi connectivity index (χ1v) is 23.8. The number of hydrogen-bond donors (Lipinski definition) is 1. The van der Waals surface area contributed by atoms with Crippen LogP contribution < -0.4 is 0 Å². The van der Waals surface area contributed by atoms with Gasteiger partial charge in [-0.05, 0) is 128 Å². The zero-order chi connectivity index (χ0) is 32.9.